The van der Waals surface area contributed by atoms with Crippen LogP contribution in [0.4, 0.5) is 5.69 Å². The molecule has 4 rings (SSSR count). The SMILES string of the molecule is COc1cccc(NC(=O)CCn2cnc3cc(S(=O)(=O)N4CCCCC4)ccc32)c1. The minimum atomic E-state index is -3.50. The summed E-state index contributed by atoms with van der Waals surface area (Å²) in [5.41, 5.74) is 2.07. The number of fused-ring (bicyclic) bond motifs is 1. The highest BCUT2D eigenvalue weighted by Gasteiger charge is 2.26. The number of methoxy groups -OCH3 is 1. The van der Waals surface area contributed by atoms with Gasteiger partial charge < -0.3 is 14.6 Å². The van der Waals surface area contributed by atoms with Gasteiger partial charge in [-0.1, -0.05) is 12.5 Å². The molecule has 9 heteroatoms. The smallest absolute Gasteiger partial charge is 0.243 e. The van der Waals surface area contributed by atoms with E-state index in [0.717, 1.165) is 24.8 Å². The zero-order valence-electron chi connectivity index (χ0n) is 17.5. The van der Waals surface area contributed by atoms with Gasteiger partial charge in [-0.15, -0.1) is 0 Å². The number of hydrogen-bond donors (Lipinski definition) is 1. The van der Waals surface area contributed by atoms with Crippen molar-refractivity contribution in [3.8, 4) is 5.75 Å². The normalized spacial score (nSPS) is 15.1. The molecule has 1 N–H and O–H groups in total. The predicted octanol–water partition coefficient (Wildman–Crippen LogP) is 3.25. The molecule has 1 fully saturated rings. The molecular formula is C22H26N4O4S. The number of ether oxygens (including phenoxy) is 1. The van der Waals surface area contributed by atoms with E-state index in [-0.39, 0.29) is 17.2 Å². The monoisotopic (exact) mass is 442 g/mol. The Hall–Kier alpha value is -2.91. The number of sulfonamides is 1. The molecule has 0 bridgehead atoms. The third-order valence-corrected chi connectivity index (χ3v) is 7.37. The maximum atomic E-state index is 12.9. The predicted molar refractivity (Wildman–Crippen MR) is 119 cm³/mol. The van der Waals surface area contributed by atoms with Crippen LogP contribution in [0.25, 0.3) is 11.0 Å². The summed E-state index contributed by atoms with van der Waals surface area (Å²) in [7, 11) is -1.92. The minimum absolute atomic E-state index is 0.126. The third-order valence-electron chi connectivity index (χ3n) is 5.48. The fourth-order valence-corrected chi connectivity index (χ4v) is 5.32. The lowest BCUT2D eigenvalue weighted by molar-refractivity contribution is -0.116. The largest absolute Gasteiger partial charge is 0.497 e. The molecule has 0 atom stereocenters. The number of carbonyl (C=O) groups excluding carboxylic acids is 1. The summed E-state index contributed by atoms with van der Waals surface area (Å²) in [4.78, 5) is 17.0. The second-order valence-electron chi connectivity index (χ2n) is 7.58. The molecule has 0 aliphatic carbocycles. The summed E-state index contributed by atoms with van der Waals surface area (Å²) in [6.45, 7) is 1.57. The van der Waals surface area contributed by atoms with Crippen molar-refractivity contribution in [3.63, 3.8) is 0 Å². The molecular weight excluding hydrogens is 416 g/mol. The Kier molecular flexibility index (Phi) is 6.24. The summed E-state index contributed by atoms with van der Waals surface area (Å²) in [6, 6.07) is 12.2. The van der Waals surface area contributed by atoms with Crippen molar-refractivity contribution in [2.24, 2.45) is 0 Å². The number of benzene rings is 2. The van der Waals surface area contributed by atoms with Crippen molar-refractivity contribution in [3.05, 3.63) is 48.8 Å². The molecule has 31 heavy (non-hydrogen) atoms. The second-order valence-corrected chi connectivity index (χ2v) is 9.52. The van der Waals surface area contributed by atoms with Crippen LogP contribution in [-0.2, 0) is 21.4 Å². The Morgan fingerprint density at radius 2 is 1.94 bits per heavy atom. The first-order valence-electron chi connectivity index (χ1n) is 10.4. The number of nitrogens with zero attached hydrogens (tertiary/aromatic N) is 3. The molecule has 1 aliphatic rings. The Bertz CT molecular complexity index is 1180. The van der Waals surface area contributed by atoms with Gasteiger partial charge in [-0.3, -0.25) is 4.79 Å². The molecule has 1 saturated heterocycles. The molecule has 1 aromatic heterocycles. The van der Waals surface area contributed by atoms with Gasteiger partial charge in [-0.25, -0.2) is 13.4 Å². The number of rotatable bonds is 7. The molecule has 2 heterocycles. The zero-order valence-corrected chi connectivity index (χ0v) is 18.3. The highest BCUT2D eigenvalue weighted by Crippen LogP contribution is 2.24. The van der Waals surface area contributed by atoms with E-state index >= 15 is 0 Å². The third kappa shape index (κ3) is 4.72. The summed E-state index contributed by atoms with van der Waals surface area (Å²) in [5.74, 6) is 0.549. The fraction of sp³-hybridized carbons (Fsp3) is 0.364. The lowest BCUT2D eigenvalue weighted by Gasteiger charge is -2.25. The van der Waals surface area contributed by atoms with Crippen LogP contribution >= 0.6 is 0 Å². The van der Waals surface area contributed by atoms with Crippen LogP contribution in [0.15, 0.2) is 53.7 Å². The van der Waals surface area contributed by atoms with Gasteiger partial charge in [0.05, 0.1) is 29.4 Å². The lowest BCUT2D eigenvalue weighted by Crippen LogP contribution is -2.35. The average Bonchev–Trinajstić information content (AvgIpc) is 3.20. The topological polar surface area (TPSA) is 93.5 Å². The first kappa shape index (κ1) is 21.3. The van der Waals surface area contributed by atoms with Crippen LogP contribution in [-0.4, -0.2) is 48.4 Å². The van der Waals surface area contributed by atoms with Gasteiger partial charge in [0.2, 0.25) is 15.9 Å². The maximum Gasteiger partial charge on any atom is 0.243 e. The van der Waals surface area contributed by atoms with Crippen molar-refractivity contribution in [2.75, 3.05) is 25.5 Å². The fourth-order valence-electron chi connectivity index (χ4n) is 3.78. The number of imidazole rings is 1. The van der Waals surface area contributed by atoms with Crippen molar-refractivity contribution in [1.82, 2.24) is 13.9 Å². The van der Waals surface area contributed by atoms with Gasteiger partial charge in [0.1, 0.15) is 5.75 Å². The van der Waals surface area contributed by atoms with Gasteiger partial charge in [0.25, 0.3) is 0 Å². The van der Waals surface area contributed by atoms with Crippen molar-refractivity contribution < 1.29 is 17.9 Å². The van der Waals surface area contributed by atoms with Crippen LogP contribution in [0.3, 0.4) is 0 Å². The molecule has 8 nitrogen and oxygen atoms in total. The van der Waals surface area contributed by atoms with Crippen LogP contribution in [0.1, 0.15) is 25.7 Å². The minimum Gasteiger partial charge on any atom is -0.497 e. The number of anilines is 1. The van der Waals surface area contributed by atoms with Crippen LogP contribution in [0.2, 0.25) is 0 Å². The Labute approximate surface area is 181 Å². The lowest BCUT2D eigenvalue weighted by atomic mass is 10.2. The van der Waals surface area contributed by atoms with Gasteiger partial charge >= 0.3 is 0 Å². The first-order chi connectivity index (χ1) is 15.0. The van der Waals surface area contributed by atoms with Crippen molar-refractivity contribution in [1.29, 1.82) is 0 Å². The van der Waals surface area contributed by atoms with E-state index in [9.17, 15) is 13.2 Å². The van der Waals surface area contributed by atoms with E-state index in [2.05, 4.69) is 10.3 Å². The van der Waals surface area contributed by atoms with Gasteiger partial charge in [-0.05, 0) is 43.2 Å². The van der Waals surface area contributed by atoms with E-state index in [1.54, 1.807) is 48.1 Å². The van der Waals surface area contributed by atoms with Gasteiger partial charge in [-0.2, -0.15) is 4.31 Å². The summed E-state index contributed by atoms with van der Waals surface area (Å²) in [5, 5.41) is 2.85. The number of hydrogen-bond acceptors (Lipinski definition) is 5. The maximum absolute atomic E-state index is 12.9. The van der Waals surface area contributed by atoms with E-state index in [1.165, 1.54) is 0 Å². The molecule has 0 radical (unpaired) electrons. The quantitative estimate of drug-likeness (QED) is 0.606. The summed E-state index contributed by atoms with van der Waals surface area (Å²) >= 11 is 0. The van der Waals surface area contributed by atoms with Crippen LogP contribution in [0.5, 0.6) is 5.75 Å². The van der Waals surface area contributed by atoms with E-state index < -0.39 is 10.0 Å². The van der Waals surface area contributed by atoms with Crippen LogP contribution < -0.4 is 10.1 Å². The number of nitrogens with one attached hydrogen (secondary N) is 1. The average molecular weight is 443 g/mol. The molecule has 1 amide bonds. The Balaban J connectivity index is 1.44. The second kappa shape index (κ2) is 9.07. The molecule has 0 spiro atoms. The van der Waals surface area contributed by atoms with E-state index in [4.69, 9.17) is 4.74 Å². The molecule has 0 saturated carbocycles. The van der Waals surface area contributed by atoms with Gasteiger partial charge in [0.15, 0.2) is 0 Å². The van der Waals surface area contributed by atoms with Crippen molar-refractivity contribution >= 4 is 32.7 Å². The Morgan fingerprint density at radius 3 is 2.71 bits per heavy atom. The number of amides is 1. The zero-order chi connectivity index (χ0) is 21.8. The molecule has 3 aromatic rings. The number of aromatic nitrogens is 2. The molecule has 164 valence electrons. The molecule has 1 aliphatic heterocycles. The number of carbonyl (C=O) groups is 1. The van der Waals surface area contributed by atoms with Crippen molar-refractivity contribution in [2.45, 2.75) is 37.1 Å². The molecule has 0 unspecified atom stereocenters. The highest BCUT2D eigenvalue weighted by molar-refractivity contribution is 7.89. The Morgan fingerprint density at radius 1 is 1.13 bits per heavy atom. The number of piperidine rings is 1. The number of aryl methyl sites for hydroxylation is 1. The molecule has 2 aromatic carbocycles. The first-order valence-corrected chi connectivity index (χ1v) is 11.8. The standard InChI is InChI=1S/C22H26N4O4S/c1-30-18-7-5-6-17(14-18)24-22(27)10-13-25-16-23-20-15-19(8-9-21(20)25)31(28,29)26-11-3-2-4-12-26/h5-9,14-16H,2-4,10-13H2,1H3,(H,24,27). The summed E-state index contributed by atoms with van der Waals surface area (Å²) < 4.78 is 34.4. The summed E-state index contributed by atoms with van der Waals surface area (Å²) in [6.07, 6.45) is 4.76. The van der Waals surface area contributed by atoms with Gasteiger partial charge in [0, 0.05) is 37.8 Å². The highest BCUT2D eigenvalue weighted by atomic mass is 32.2. The van der Waals surface area contributed by atoms with Crippen LogP contribution in [0, 0.1) is 0 Å². The van der Waals surface area contributed by atoms with E-state index in [1.807, 2.05) is 16.7 Å². The van der Waals surface area contributed by atoms with E-state index in [0.29, 0.717) is 36.6 Å².